The fourth-order valence-corrected chi connectivity index (χ4v) is 3.75. The molecule has 3 heteroatoms. The van der Waals surface area contributed by atoms with E-state index in [-0.39, 0.29) is 5.60 Å². The maximum absolute atomic E-state index is 6.04. The first kappa shape index (κ1) is 12.1. The molecule has 16 heavy (non-hydrogen) atoms. The molecule has 1 aliphatic rings. The molecule has 1 fully saturated rings. The van der Waals surface area contributed by atoms with Crippen molar-refractivity contribution in [3.05, 3.63) is 21.9 Å². The highest BCUT2D eigenvalue weighted by Gasteiger charge is 2.38. The summed E-state index contributed by atoms with van der Waals surface area (Å²) in [7, 11) is 2.03. The number of nitrogens with one attached hydrogen (secondary N) is 1. The number of likely N-dealkylation sites (N-methyl/N-ethyl adjacent to an activating group) is 1. The first-order valence-electron chi connectivity index (χ1n) is 6.02. The Hall–Kier alpha value is -0.380. The molecule has 1 aliphatic heterocycles. The van der Waals surface area contributed by atoms with E-state index in [1.165, 1.54) is 23.3 Å². The molecule has 1 N–H and O–H groups in total. The Kier molecular flexibility index (Phi) is 3.67. The quantitative estimate of drug-likeness (QED) is 0.874. The third-order valence-corrected chi connectivity index (χ3v) is 4.65. The second-order valence-corrected chi connectivity index (χ2v) is 5.76. The van der Waals surface area contributed by atoms with Gasteiger partial charge in [-0.05, 0) is 57.2 Å². The normalized spacial score (nSPS) is 27.9. The van der Waals surface area contributed by atoms with Crippen LogP contribution in [0.1, 0.15) is 42.7 Å². The van der Waals surface area contributed by atoms with Crippen molar-refractivity contribution in [1.82, 2.24) is 5.32 Å². The van der Waals surface area contributed by atoms with Crippen molar-refractivity contribution < 1.29 is 4.74 Å². The SMILES string of the molecule is CNC(c1sccc1C)C1(C)CCCCO1. The number of ether oxygens (including phenoxy) is 1. The Morgan fingerprint density at radius 2 is 2.31 bits per heavy atom. The van der Waals surface area contributed by atoms with E-state index in [1.807, 2.05) is 18.4 Å². The predicted octanol–water partition coefficient (Wildman–Crippen LogP) is 3.28. The molecule has 0 amide bonds. The highest BCUT2D eigenvalue weighted by atomic mass is 32.1. The van der Waals surface area contributed by atoms with Gasteiger partial charge in [-0.1, -0.05) is 0 Å². The van der Waals surface area contributed by atoms with Crippen LogP contribution in [0.15, 0.2) is 11.4 Å². The molecule has 1 aromatic heterocycles. The van der Waals surface area contributed by atoms with Crippen molar-refractivity contribution >= 4 is 11.3 Å². The number of hydrogen-bond donors (Lipinski definition) is 1. The summed E-state index contributed by atoms with van der Waals surface area (Å²) in [5.41, 5.74) is 1.34. The molecule has 0 saturated carbocycles. The average Bonchev–Trinajstić information content (AvgIpc) is 2.67. The minimum Gasteiger partial charge on any atom is -0.373 e. The summed E-state index contributed by atoms with van der Waals surface area (Å²) in [6.45, 7) is 5.33. The van der Waals surface area contributed by atoms with Crippen LogP contribution >= 0.6 is 11.3 Å². The van der Waals surface area contributed by atoms with Crippen LogP contribution < -0.4 is 5.32 Å². The third-order valence-electron chi connectivity index (χ3n) is 3.56. The summed E-state index contributed by atoms with van der Waals surface area (Å²) >= 11 is 1.83. The standard InChI is InChI=1S/C13H21NOS/c1-10-6-9-16-11(10)12(14-3)13(2)7-4-5-8-15-13/h6,9,12,14H,4-5,7-8H2,1-3H3. The molecule has 0 radical (unpaired) electrons. The zero-order valence-electron chi connectivity index (χ0n) is 10.4. The van der Waals surface area contributed by atoms with E-state index < -0.39 is 0 Å². The molecule has 2 unspecified atom stereocenters. The van der Waals surface area contributed by atoms with Gasteiger partial charge in [0.15, 0.2) is 0 Å². The van der Waals surface area contributed by atoms with Gasteiger partial charge in [0, 0.05) is 11.5 Å². The average molecular weight is 239 g/mol. The largest absolute Gasteiger partial charge is 0.373 e. The Labute approximate surface area is 102 Å². The number of aryl methyl sites for hydroxylation is 1. The van der Waals surface area contributed by atoms with Crippen LogP contribution in [0.5, 0.6) is 0 Å². The summed E-state index contributed by atoms with van der Waals surface area (Å²) in [5.74, 6) is 0. The van der Waals surface area contributed by atoms with E-state index in [9.17, 15) is 0 Å². The van der Waals surface area contributed by atoms with E-state index in [2.05, 4.69) is 30.6 Å². The highest BCUT2D eigenvalue weighted by Crippen LogP contribution is 2.39. The maximum atomic E-state index is 6.04. The fraction of sp³-hybridized carbons (Fsp3) is 0.692. The topological polar surface area (TPSA) is 21.3 Å². The molecule has 0 aliphatic carbocycles. The van der Waals surface area contributed by atoms with Crippen LogP contribution in [0.2, 0.25) is 0 Å². The van der Waals surface area contributed by atoms with E-state index in [0.29, 0.717) is 6.04 Å². The van der Waals surface area contributed by atoms with Gasteiger partial charge in [-0.2, -0.15) is 0 Å². The van der Waals surface area contributed by atoms with Crippen molar-refractivity contribution in [2.24, 2.45) is 0 Å². The van der Waals surface area contributed by atoms with Gasteiger partial charge in [0.1, 0.15) is 0 Å². The zero-order chi connectivity index (χ0) is 11.6. The van der Waals surface area contributed by atoms with Crippen molar-refractivity contribution in [3.63, 3.8) is 0 Å². The van der Waals surface area contributed by atoms with Crippen molar-refractivity contribution in [2.75, 3.05) is 13.7 Å². The Morgan fingerprint density at radius 3 is 2.81 bits per heavy atom. The molecule has 1 aromatic rings. The lowest BCUT2D eigenvalue weighted by molar-refractivity contribution is -0.0878. The van der Waals surface area contributed by atoms with Crippen molar-refractivity contribution in [3.8, 4) is 0 Å². The van der Waals surface area contributed by atoms with Gasteiger partial charge < -0.3 is 10.1 Å². The smallest absolute Gasteiger partial charge is 0.0856 e. The first-order valence-corrected chi connectivity index (χ1v) is 6.90. The number of thiophene rings is 1. The van der Waals surface area contributed by atoms with E-state index in [4.69, 9.17) is 4.74 Å². The lowest BCUT2D eigenvalue weighted by Gasteiger charge is -2.40. The molecule has 0 spiro atoms. The number of hydrogen-bond acceptors (Lipinski definition) is 3. The van der Waals surface area contributed by atoms with Crippen LogP contribution in [0.4, 0.5) is 0 Å². The second-order valence-electron chi connectivity index (χ2n) is 4.81. The Bertz CT molecular complexity index is 341. The van der Waals surface area contributed by atoms with Crippen molar-refractivity contribution in [1.29, 1.82) is 0 Å². The maximum Gasteiger partial charge on any atom is 0.0856 e. The molecular formula is C13H21NOS. The summed E-state index contributed by atoms with van der Waals surface area (Å²) in [5, 5.41) is 5.61. The van der Waals surface area contributed by atoms with Crippen LogP contribution in [-0.4, -0.2) is 19.3 Å². The first-order chi connectivity index (χ1) is 7.67. The molecule has 90 valence electrons. The Balaban J connectivity index is 2.24. The predicted molar refractivity (Wildman–Crippen MR) is 69.1 cm³/mol. The van der Waals surface area contributed by atoms with Crippen LogP contribution in [0.3, 0.4) is 0 Å². The van der Waals surface area contributed by atoms with E-state index in [0.717, 1.165) is 13.0 Å². The molecular weight excluding hydrogens is 218 g/mol. The molecule has 0 aromatic carbocycles. The summed E-state index contributed by atoms with van der Waals surface area (Å²) in [6.07, 6.45) is 3.63. The van der Waals surface area contributed by atoms with Gasteiger partial charge in [-0.3, -0.25) is 0 Å². The summed E-state index contributed by atoms with van der Waals surface area (Å²) in [4.78, 5) is 1.42. The molecule has 2 nitrogen and oxygen atoms in total. The lowest BCUT2D eigenvalue weighted by Crippen LogP contribution is -2.44. The monoisotopic (exact) mass is 239 g/mol. The molecule has 2 heterocycles. The van der Waals surface area contributed by atoms with Gasteiger partial charge in [-0.15, -0.1) is 11.3 Å². The van der Waals surface area contributed by atoms with Gasteiger partial charge >= 0.3 is 0 Å². The van der Waals surface area contributed by atoms with Gasteiger partial charge in [0.25, 0.3) is 0 Å². The fourth-order valence-electron chi connectivity index (χ4n) is 2.58. The van der Waals surface area contributed by atoms with Crippen LogP contribution in [0.25, 0.3) is 0 Å². The zero-order valence-corrected chi connectivity index (χ0v) is 11.2. The summed E-state index contributed by atoms with van der Waals surface area (Å²) in [6, 6.07) is 2.52. The molecule has 0 bridgehead atoms. The van der Waals surface area contributed by atoms with Crippen LogP contribution in [-0.2, 0) is 4.74 Å². The second kappa shape index (κ2) is 4.86. The van der Waals surface area contributed by atoms with Crippen LogP contribution in [0, 0.1) is 6.92 Å². The highest BCUT2D eigenvalue weighted by molar-refractivity contribution is 7.10. The van der Waals surface area contributed by atoms with Gasteiger partial charge in [0.05, 0.1) is 11.6 Å². The molecule has 2 atom stereocenters. The summed E-state index contributed by atoms with van der Waals surface area (Å²) < 4.78 is 6.04. The third kappa shape index (κ3) is 2.17. The minimum atomic E-state index is -0.0391. The minimum absolute atomic E-state index is 0.0391. The van der Waals surface area contributed by atoms with E-state index in [1.54, 1.807) is 0 Å². The molecule has 1 saturated heterocycles. The number of rotatable bonds is 3. The van der Waals surface area contributed by atoms with Gasteiger partial charge in [0.2, 0.25) is 0 Å². The van der Waals surface area contributed by atoms with Gasteiger partial charge in [-0.25, -0.2) is 0 Å². The van der Waals surface area contributed by atoms with E-state index >= 15 is 0 Å². The van der Waals surface area contributed by atoms with Crippen molar-refractivity contribution in [2.45, 2.75) is 44.8 Å². The molecule has 2 rings (SSSR count). The lowest BCUT2D eigenvalue weighted by atomic mass is 9.86. The Morgan fingerprint density at radius 1 is 1.50 bits per heavy atom.